The third kappa shape index (κ3) is 5.43. The zero-order chi connectivity index (χ0) is 22.4. The lowest BCUT2D eigenvalue weighted by molar-refractivity contribution is -0.131. The molecule has 0 spiro atoms. The first kappa shape index (κ1) is 21.9. The Kier molecular flexibility index (Phi) is 6.95. The maximum Gasteiger partial charge on any atom is 0.328 e. The second kappa shape index (κ2) is 9.82. The molecule has 0 atom stereocenters. The van der Waals surface area contributed by atoms with Crippen molar-refractivity contribution >= 4 is 34.7 Å². The first-order valence-electron chi connectivity index (χ1n) is 9.25. The van der Waals surface area contributed by atoms with Gasteiger partial charge in [0.1, 0.15) is 0 Å². The molecule has 0 radical (unpaired) electrons. The van der Waals surface area contributed by atoms with Gasteiger partial charge in [0.15, 0.2) is 11.5 Å². The summed E-state index contributed by atoms with van der Waals surface area (Å²) in [4.78, 5) is 23.8. The zero-order valence-electron chi connectivity index (χ0n) is 16.9. The molecule has 0 aliphatic carbocycles. The number of carbonyl (C=O) groups is 2. The Labute approximate surface area is 184 Å². The van der Waals surface area contributed by atoms with Crippen LogP contribution in [0, 0.1) is 0 Å². The van der Waals surface area contributed by atoms with Gasteiger partial charge in [-0.3, -0.25) is 4.79 Å². The number of hydrogen-bond donors (Lipinski definition) is 2. The number of ether oxygens (including phenoxy) is 2. The second-order valence-electron chi connectivity index (χ2n) is 6.50. The van der Waals surface area contributed by atoms with Gasteiger partial charge in [-0.2, -0.15) is 0 Å². The van der Waals surface area contributed by atoms with Crippen molar-refractivity contribution in [2.45, 2.75) is 0 Å². The van der Waals surface area contributed by atoms with Gasteiger partial charge in [0.05, 0.1) is 14.2 Å². The highest BCUT2D eigenvalue weighted by atomic mass is 35.5. The molecule has 0 aliphatic rings. The molecule has 31 heavy (non-hydrogen) atoms. The van der Waals surface area contributed by atoms with Gasteiger partial charge in [0, 0.05) is 22.3 Å². The van der Waals surface area contributed by atoms with Crippen LogP contribution >= 0.6 is 11.6 Å². The van der Waals surface area contributed by atoms with Gasteiger partial charge in [-0.15, -0.1) is 0 Å². The fourth-order valence-electron chi connectivity index (χ4n) is 3.00. The molecule has 0 aliphatic heterocycles. The lowest BCUT2D eigenvalue weighted by atomic mass is 9.97. The normalized spacial score (nSPS) is 11.0. The summed E-state index contributed by atoms with van der Waals surface area (Å²) in [6.45, 7) is 0. The van der Waals surface area contributed by atoms with E-state index in [0.717, 1.165) is 6.08 Å². The van der Waals surface area contributed by atoms with Crippen LogP contribution in [-0.2, 0) is 4.79 Å². The molecule has 0 aromatic heterocycles. The monoisotopic (exact) mass is 437 g/mol. The summed E-state index contributed by atoms with van der Waals surface area (Å²) in [6.07, 6.45) is 1.13. The average molecular weight is 438 g/mol. The number of nitrogens with one attached hydrogen (secondary N) is 1. The minimum absolute atomic E-state index is 0.273. The van der Waals surface area contributed by atoms with Crippen LogP contribution in [0.1, 0.15) is 21.5 Å². The molecule has 1 amide bonds. The van der Waals surface area contributed by atoms with E-state index in [1.54, 1.807) is 66.7 Å². The Morgan fingerprint density at radius 3 is 2.00 bits per heavy atom. The van der Waals surface area contributed by atoms with Crippen molar-refractivity contribution in [1.29, 1.82) is 0 Å². The van der Waals surface area contributed by atoms with Crippen LogP contribution in [0.2, 0.25) is 5.02 Å². The molecule has 0 heterocycles. The number of benzene rings is 3. The van der Waals surface area contributed by atoms with E-state index in [1.165, 1.54) is 14.2 Å². The first-order chi connectivity index (χ1) is 14.9. The second-order valence-corrected chi connectivity index (χ2v) is 6.94. The SMILES string of the molecule is COc1ccc(/C(=C/C(=O)O)c2ccc(NC(=O)c3ccc(Cl)cc3)cc2)cc1OC. The highest BCUT2D eigenvalue weighted by Crippen LogP contribution is 2.33. The Morgan fingerprint density at radius 2 is 1.42 bits per heavy atom. The van der Waals surface area contributed by atoms with Gasteiger partial charge >= 0.3 is 5.97 Å². The topological polar surface area (TPSA) is 84.9 Å². The molecule has 0 bridgehead atoms. The highest BCUT2D eigenvalue weighted by Gasteiger charge is 2.12. The minimum Gasteiger partial charge on any atom is -0.493 e. The summed E-state index contributed by atoms with van der Waals surface area (Å²) < 4.78 is 10.6. The fraction of sp³-hybridized carbons (Fsp3) is 0.0833. The number of carboxylic acid groups (broad SMARTS) is 1. The number of carboxylic acids is 1. The van der Waals surface area contributed by atoms with Crippen LogP contribution in [0.3, 0.4) is 0 Å². The van der Waals surface area contributed by atoms with E-state index in [4.69, 9.17) is 21.1 Å². The lowest BCUT2D eigenvalue weighted by Gasteiger charge is -2.13. The van der Waals surface area contributed by atoms with Crippen molar-refractivity contribution in [2.75, 3.05) is 19.5 Å². The van der Waals surface area contributed by atoms with E-state index in [1.807, 2.05) is 0 Å². The summed E-state index contributed by atoms with van der Waals surface area (Å²) in [7, 11) is 3.04. The molecule has 3 rings (SSSR count). The fourth-order valence-corrected chi connectivity index (χ4v) is 3.12. The summed E-state index contributed by atoms with van der Waals surface area (Å²) in [5.41, 5.74) is 2.86. The predicted octanol–water partition coefficient (Wildman–Crippen LogP) is 5.13. The molecule has 0 fully saturated rings. The van der Waals surface area contributed by atoms with E-state index >= 15 is 0 Å². The third-order valence-electron chi connectivity index (χ3n) is 4.52. The number of anilines is 1. The number of halogens is 1. The van der Waals surface area contributed by atoms with Gasteiger partial charge in [-0.25, -0.2) is 4.79 Å². The Balaban J connectivity index is 1.87. The molecule has 158 valence electrons. The number of amides is 1. The van der Waals surface area contributed by atoms with Crippen LogP contribution < -0.4 is 14.8 Å². The van der Waals surface area contributed by atoms with E-state index in [-0.39, 0.29) is 5.91 Å². The quantitative estimate of drug-likeness (QED) is 0.501. The maximum atomic E-state index is 12.4. The van der Waals surface area contributed by atoms with Crippen molar-refractivity contribution in [3.63, 3.8) is 0 Å². The molecule has 2 N–H and O–H groups in total. The Bertz CT molecular complexity index is 1120. The number of aliphatic carboxylic acids is 1. The van der Waals surface area contributed by atoms with E-state index < -0.39 is 5.97 Å². The van der Waals surface area contributed by atoms with Gasteiger partial charge in [0.2, 0.25) is 0 Å². The Morgan fingerprint density at radius 1 is 0.839 bits per heavy atom. The molecular formula is C24H20ClNO5. The van der Waals surface area contributed by atoms with Crippen LogP contribution in [0.5, 0.6) is 11.5 Å². The molecule has 0 saturated carbocycles. The zero-order valence-corrected chi connectivity index (χ0v) is 17.6. The molecule has 0 saturated heterocycles. The van der Waals surface area contributed by atoms with Crippen molar-refractivity contribution in [1.82, 2.24) is 0 Å². The molecular weight excluding hydrogens is 418 g/mol. The van der Waals surface area contributed by atoms with Crippen molar-refractivity contribution in [2.24, 2.45) is 0 Å². The number of rotatable bonds is 7. The van der Waals surface area contributed by atoms with Gasteiger partial charge in [-0.05, 0) is 65.2 Å². The Hall–Kier alpha value is -3.77. The molecule has 3 aromatic rings. The summed E-state index contributed by atoms with van der Waals surface area (Å²) in [6, 6.07) is 18.6. The van der Waals surface area contributed by atoms with Gasteiger partial charge < -0.3 is 19.9 Å². The lowest BCUT2D eigenvalue weighted by Crippen LogP contribution is -2.11. The van der Waals surface area contributed by atoms with E-state index in [0.29, 0.717) is 44.5 Å². The van der Waals surface area contributed by atoms with Crippen LogP contribution in [0.25, 0.3) is 5.57 Å². The highest BCUT2D eigenvalue weighted by molar-refractivity contribution is 6.30. The smallest absolute Gasteiger partial charge is 0.328 e. The van der Waals surface area contributed by atoms with Crippen LogP contribution in [-0.4, -0.2) is 31.2 Å². The van der Waals surface area contributed by atoms with Crippen molar-refractivity contribution < 1.29 is 24.2 Å². The summed E-state index contributed by atoms with van der Waals surface area (Å²) >= 11 is 5.85. The first-order valence-corrected chi connectivity index (χ1v) is 9.63. The molecule has 0 unspecified atom stereocenters. The van der Waals surface area contributed by atoms with Crippen LogP contribution in [0.4, 0.5) is 5.69 Å². The average Bonchev–Trinajstić information content (AvgIpc) is 2.78. The minimum atomic E-state index is -1.08. The molecule has 6 nitrogen and oxygen atoms in total. The molecule has 3 aromatic carbocycles. The van der Waals surface area contributed by atoms with E-state index in [9.17, 15) is 14.7 Å². The van der Waals surface area contributed by atoms with E-state index in [2.05, 4.69) is 5.32 Å². The largest absolute Gasteiger partial charge is 0.493 e. The number of hydrogen-bond acceptors (Lipinski definition) is 4. The van der Waals surface area contributed by atoms with Gasteiger partial charge in [0.25, 0.3) is 5.91 Å². The van der Waals surface area contributed by atoms with Crippen molar-refractivity contribution in [3.8, 4) is 11.5 Å². The van der Waals surface area contributed by atoms with Crippen LogP contribution in [0.15, 0.2) is 72.8 Å². The van der Waals surface area contributed by atoms with Crippen molar-refractivity contribution in [3.05, 3.63) is 94.5 Å². The summed E-state index contributed by atoms with van der Waals surface area (Å²) in [5, 5.41) is 12.7. The number of carbonyl (C=O) groups excluding carboxylic acids is 1. The third-order valence-corrected chi connectivity index (χ3v) is 4.77. The predicted molar refractivity (Wildman–Crippen MR) is 120 cm³/mol. The standard InChI is InChI=1S/C24H20ClNO5/c1-30-21-12-7-17(13-22(21)31-2)20(14-23(27)28)15-5-10-19(11-6-15)26-24(29)16-3-8-18(25)9-4-16/h3-14H,1-2H3,(H,26,29)(H,27,28)/b20-14+. The maximum absolute atomic E-state index is 12.4. The summed E-state index contributed by atoms with van der Waals surface area (Å²) in [5.74, 6) is -0.320. The van der Waals surface area contributed by atoms with Gasteiger partial charge in [-0.1, -0.05) is 29.8 Å². The molecule has 7 heteroatoms. The number of methoxy groups -OCH3 is 2.